The summed E-state index contributed by atoms with van der Waals surface area (Å²) in [5.41, 5.74) is 1.11. The predicted molar refractivity (Wildman–Crippen MR) is 139 cm³/mol. The number of carbonyl (C=O) groups is 1. The van der Waals surface area contributed by atoms with E-state index in [-0.39, 0.29) is 36.2 Å². The second-order valence-corrected chi connectivity index (χ2v) is 9.99. The molecular formula is C28H36O13. The van der Waals surface area contributed by atoms with Crippen LogP contribution in [0.3, 0.4) is 0 Å². The Kier molecular flexibility index (Phi) is 9.92. The molecule has 2 heterocycles. The highest BCUT2D eigenvalue weighted by atomic mass is 16.7. The maximum Gasteiger partial charge on any atom is 0.302 e. The number of hydrogen-bond donors (Lipinski definition) is 6. The summed E-state index contributed by atoms with van der Waals surface area (Å²) >= 11 is 0. The van der Waals surface area contributed by atoms with Gasteiger partial charge in [-0.05, 0) is 35.4 Å². The van der Waals surface area contributed by atoms with E-state index >= 15 is 0 Å². The highest BCUT2D eigenvalue weighted by molar-refractivity contribution is 5.65. The molecule has 0 aliphatic carbocycles. The molecule has 0 radical (unpaired) electrons. The van der Waals surface area contributed by atoms with Crippen LogP contribution in [0.5, 0.6) is 23.0 Å². The van der Waals surface area contributed by atoms with Crippen LogP contribution in [0.2, 0.25) is 0 Å². The summed E-state index contributed by atoms with van der Waals surface area (Å²) in [6.45, 7) is 0.775. The van der Waals surface area contributed by atoms with Crippen LogP contribution in [0.15, 0.2) is 36.4 Å². The molecule has 2 aliphatic heterocycles. The zero-order valence-electron chi connectivity index (χ0n) is 22.8. The van der Waals surface area contributed by atoms with Crippen molar-refractivity contribution in [2.75, 3.05) is 34.0 Å². The van der Waals surface area contributed by atoms with Gasteiger partial charge >= 0.3 is 5.97 Å². The normalized spacial score (nSPS) is 30.4. The van der Waals surface area contributed by atoms with E-state index in [1.807, 2.05) is 0 Å². The summed E-state index contributed by atoms with van der Waals surface area (Å²) < 4.78 is 33.3. The molecule has 0 amide bonds. The highest BCUT2D eigenvalue weighted by Crippen LogP contribution is 2.46. The largest absolute Gasteiger partial charge is 0.504 e. The molecule has 2 aromatic rings. The molecule has 0 saturated carbocycles. The van der Waals surface area contributed by atoms with Crippen LogP contribution in [0.25, 0.3) is 0 Å². The van der Waals surface area contributed by atoms with Crippen LogP contribution in [0, 0.1) is 11.8 Å². The lowest BCUT2D eigenvalue weighted by Crippen LogP contribution is -2.60. The number of hydrogen-bond acceptors (Lipinski definition) is 13. The number of phenolic OH excluding ortho intramolecular Hbond substituents is 1. The van der Waals surface area contributed by atoms with Crippen LogP contribution in [0.1, 0.15) is 30.3 Å². The molecule has 13 heteroatoms. The van der Waals surface area contributed by atoms with Crippen LogP contribution in [-0.2, 0) is 19.0 Å². The summed E-state index contributed by atoms with van der Waals surface area (Å²) in [5, 5.41) is 61.1. The number of rotatable bonds is 10. The fourth-order valence-electron chi connectivity index (χ4n) is 5.15. The third-order valence-corrected chi connectivity index (χ3v) is 7.44. The fraction of sp³-hybridized carbons (Fsp3) is 0.536. The fourth-order valence-corrected chi connectivity index (χ4v) is 5.15. The average Bonchev–Trinajstić information content (AvgIpc) is 3.40. The molecule has 0 spiro atoms. The lowest BCUT2D eigenvalue weighted by molar-refractivity contribution is -0.277. The Morgan fingerprint density at radius 2 is 1.73 bits per heavy atom. The van der Waals surface area contributed by atoms with Gasteiger partial charge < -0.3 is 59.1 Å². The summed E-state index contributed by atoms with van der Waals surface area (Å²) in [4.78, 5) is 11.7. The van der Waals surface area contributed by atoms with E-state index in [1.165, 1.54) is 39.3 Å². The Labute approximate surface area is 236 Å². The number of benzene rings is 2. The maximum absolute atomic E-state index is 11.7. The monoisotopic (exact) mass is 580 g/mol. The second kappa shape index (κ2) is 13.2. The van der Waals surface area contributed by atoms with Crippen LogP contribution in [-0.4, -0.2) is 101 Å². The molecular weight excluding hydrogens is 544 g/mol. The van der Waals surface area contributed by atoms with Gasteiger partial charge in [0.05, 0.1) is 46.2 Å². The van der Waals surface area contributed by atoms with Gasteiger partial charge in [0.15, 0.2) is 23.0 Å². The van der Waals surface area contributed by atoms with Crippen molar-refractivity contribution in [3.05, 3.63) is 47.5 Å². The van der Waals surface area contributed by atoms with E-state index in [9.17, 15) is 35.4 Å². The third kappa shape index (κ3) is 6.51. The minimum Gasteiger partial charge on any atom is -0.504 e. The number of aromatic hydroxyl groups is 1. The molecule has 41 heavy (non-hydrogen) atoms. The van der Waals surface area contributed by atoms with Gasteiger partial charge in [-0.1, -0.05) is 12.1 Å². The first-order valence-electron chi connectivity index (χ1n) is 13.0. The Bertz CT molecular complexity index is 1190. The summed E-state index contributed by atoms with van der Waals surface area (Å²) in [6, 6.07) is 9.37. The van der Waals surface area contributed by atoms with Gasteiger partial charge in [0.25, 0.3) is 0 Å². The van der Waals surface area contributed by atoms with Crippen molar-refractivity contribution in [3.8, 4) is 23.0 Å². The minimum absolute atomic E-state index is 0.0393. The molecule has 13 nitrogen and oxygen atoms in total. The van der Waals surface area contributed by atoms with Crippen molar-refractivity contribution in [3.63, 3.8) is 0 Å². The van der Waals surface area contributed by atoms with Gasteiger partial charge in [-0.25, -0.2) is 0 Å². The zero-order valence-corrected chi connectivity index (χ0v) is 22.8. The quantitative estimate of drug-likeness (QED) is 0.209. The van der Waals surface area contributed by atoms with Crippen molar-refractivity contribution in [2.24, 2.45) is 11.8 Å². The molecule has 2 aliphatic rings. The first-order chi connectivity index (χ1) is 19.6. The van der Waals surface area contributed by atoms with E-state index in [1.54, 1.807) is 18.2 Å². The van der Waals surface area contributed by atoms with Crippen LogP contribution < -0.4 is 14.2 Å². The zero-order chi connectivity index (χ0) is 29.8. The van der Waals surface area contributed by atoms with Crippen LogP contribution >= 0.6 is 0 Å². The summed E-state index contributed by atoms with van der Waals surface area (Å²) in [7, 11) is 2.80. The van der Waals surface area contributed by atoms with Gasteiger partial charge in [-0.3, -0.25) is 4.79 Å². The van der Waals surface area contributed by atoms with Crippen molar-refractivity contribution in [2.45, 2.75) is 49.8 Å². The van der Waals surface area contributed by atoms with Crippen LogP contribution in [0.4, 0.5) is 0 Å². The number of esters is 1. The molecule has 9 atom stereocenters. The van der Waals surface area contributed by atoms with Crippen molar-refractivity contribution in [1.29, 1.82) is 0 Å². The second-order valence-electron chi connectivity index (χ2n) is 9.99. The number of methoxy groups -OCH3 is 2. The van der Waals surface area contributed by atoms with E-state index in [4.69, 9.17) is 28.4 Å². The van der Waals surface area contributed by atoms with E-state index < -0.39 is 67.3 Å². The molecule has 2 aromatic carbocycles. The van der Waals surface area contributed by atoms with E-state index in [0.717, 1.165) is 0 Å². The van der Waals surface area contributed by atoms with Gasteiger partial charge in [0, 0.05) is 18.8 Å². The topological polar surface area (TPSA) is 194 Å². The van der Waals surface area contributed by atoms with E-state index in [2.05, 4.69) is 0 Å². The maximum atomic E-state index is 11.7. The smallest absolute Gasteiger partial charge is 0.302 e. The molecule has 2 fully saturated rings. The number of carbonyl (C=O) groups excluding carboxylic acids is 1. The number of ether oxygens (including phenoxy) is 6. The number of phenols is 1. The molecule has 2 saturated heterocycles. The molecule has 4 rings (SSSR count). The first-order valence-corrected chi connectivity index (χ1v) is 13.0. The SMILES string of the molecule is COc1cc(C(O)C2COC(c3ccc(OC4OC(CO)C(O)C(O)C4O)c(OC)c3)C2COC(C)=O)ccc1O. The van der Waals surface area contributed by atoms with Gasteiger partial charge in [0.2, 0.25) is 6.29 Å². The molecule has 0 bridgehead atoms. The Morgan fingerprint density at radius 3 is 2.39 bits per heavy atom. The number of aliphatic hydroxyl groups excluding tert-OH is 5. The van der Waals surface area contributed by atoms with Crippen molar-refractivity contribution in [1.82, 2.24) is 0 Å². The van der Waals surface area contributed by atoms with Crippen molar-refractivity contribution >= 4 is 5.97 Å². The summed E-state index contributed by atoms with van der Waals surface area (Å²) in [5.74, 6) is -0.965. The van der Waals surface area contributed by atoms with Crippen molar-refractivity contribution < 1.29 is 63.9 Å². The number of aliphatic hydroxyl groups is 5. The average molecular weight is 581 g/mol. The lowest BCUT2D eigenvalue weighted by Gasteiger charge is -2.39. The molecule has 9 unspecified atom stereocenters. The highest BCUT2D eigenvalue weighted by Gasteiger charge is 2.46. The molecule has 0 aromatic heterocycles. The standard InChI is InChI=1S/C28H36O13/c1-13(30)38-12-17-16(23(32)14-4-6-18(31)20(8-14)36-2)11-39-27(17)15-5-7-19(21(9-15)37-3)40-28-26(35)25(34)24(33)22(10-29)41-28/h4-9,16-17,22-29,31-35H,10-12H2,1-3H3. The Morgan fingerprint density at radius 1 is 1.00 bits per heavy atom. The third-order valence-electron chi connectivity index (χ3n) is 7.44. The van der Waals surface area contributed by atoms with Gasteiger partial charge in [-0.2, -0.15) is 0 Å². The Hall–Kier alpha value is -3.17. The Balaban J connectivity index is 1.58. The van der Waals surface area contributed by atoms with Gasteiger partial charge in [-0.15, -0.1) is 0 Å². The predicted octanol–water partition coefficient (Wildman–Crippen LogP) is 0.188. The molecule has 6 N–H and O–H groups in total. The molecule has 226 valence electrons. The lowest BCUT2D eigenvalue weighted by atomic mass is 9.82. The van der Waals surface area contributed by atoms with Gasteiger partial charge in [0.1, 0.15) is 24.4 Å². The minimum atomic E-state index is -1.61. The van der Waals surface area contributed by atoms with E-state index in [0.29, 0.717) is 11.1 Å². The summed E-state index contributed by atoms with van der Waals surface area (Å²) in [6.07, 6.45) is -8.96. The first kappa shape index (κ1) is 30.8.